The van der Waals surface area contributed by atoms with Crippen LogP contribution in [0.5, 0.6) is 5.75 Å². The van der Waals surface area contributed by atoms with E-state index in [0.717, 1.165) is 16.3 Å². The Labute approximate surface area is 143 Å². The molecular formula is C17H15ClFNO2S. The van der Waals surface area contributed by atoms with Crippen molar-refractivity contribution in [2.45, 2.75) is 17.9 Å². The van der Waals surface area contributed by atoms with Crippen LogP contribution in [-0.4, -0.2) is 24.3 Å². The maximum Gasteiger partial charge on any atom is 0.267 e. The molecule has 2 aromatic rings. The van der Waals surface area contributed by atoms with Gasteiger partial charge in [0, 0.05) is 28.3 Å². The number of fused-ring (bicyclic) bond motifs is 1. The van der Waals surface area contributed by atoms with Gasteiger partial charge in [-0.2, -0.15) is 0 Å². The number of hydrogen-bond donors (Lipinski definition) is 0. The predicted octanol–water partition coefficient (Wildman–Crippen LogP) is 4.39. The number of amides is 1. The van der Waals surface area contributed by atoms with Gasteiger partial charge >= 0.3 is 0 Å². The molecule has 1 unspecified atom stereocenters. The lowest BCUT2D eigenvalue weighted by molar-refractivity contribution is -0.124. The van der Waals surface area contributed by atoms with Crippen LogP contribution < -0.4 is 9.64 Å². The second kappa shape index (κ2) is 6.81. The second-order valence-electron chi connectivity index (χ2n) is 5.17. The normalized spacial score (nSPS) is 15.0. The van der Waals surface area contributed by atoms with E-state index in [1.165, 1.54) is 12.1 Å². The molecule has 23 heavy (non-hydrogen) atoms. The Hall–Kier alpha value is -1.72. The van der Waals surface area contributed by atoms with E-state index < -0.39 is 11.9 Å². The van der Waals surface area contributed by atoms with Crippen molar-refractivity contribution in [1.29, 1.82) is 0 Å². The summed E-state index contributed by atoms with van der Waals surface area (Å²) in [6, 6.07) is 11.3. The predicted molar refractivity (Wildman–Crippen MR) is 91.0 cm³/mol. The van der Waals surface area contributed by atoms with Gasteiger partial charge in [0.25, 0.3) is 5.91 Å². The van der Waals surface area contributed by atoms with Crippen LogP contribution >= 0.6 is 23.4 Å². The molecule has 1 amide bonds. The summed E-state index contributed by atoms with van der Waals surface area (Å²) >= 11 is 7.75. The number of ether oxygens (including phenoxy) is 1. The van der Waals surface area contributed by atoms with E-state index in [-0.39, 0.29) is 5.91 Å². The minimum absolute atomic E-state index is 0.168. The number of carbonyl (C=O) groups is 1. The summed E-state index contributed by atoms with van der Waals surface area (Å²) in [6.07, 6.45) is -0.716. The Morgan fingerprint density at radius 1 is 1.35 bits per heavy atom. The molecule has 0 aromatic heterocycles. The first-order chi connectivity index (χ1) is 11.0. The van der Waals surface area contributed by atoms with Crippen molar-refractivity contribution < 1.29 is 13.9 Å². The number of anilines is 1. The lowest BCUT2D eigenvalue weighted by Crippen LogP contribution is -2.43. The molecule has 0 saturated heterocycles. The topological polar surface area (TPSA) is 29.5 Å². The first kappa shape index (κ1) is 16.1. The summed E-state index contributed by atoms with van der Waals surface area (Å²) in [6.45, 7) is 2.26. The largest absolute Gasteiger partial charge is 0.481 e. The van der Waals surface area contributed by atoms with Crippen molar-refractivity contribution in [3.63, 3.8) is 0 Å². The first-order valence-corrected chi connectivity index (χ1v) is 8.57. The third-order valence-corrected chi connectivity index (χ3v) is 4.78. The Balaban J connectivity index is 1.79. The Kier molecular flexibility index (Phi) is 4.78. The van der Waals surface area contributed by atoms with E-state index >= 15 is 0 Å². The van der Waals surface area contributed by atoms with E-state index in [9.17, 15) is 9.18 Å². The van der Waals surface area contributed by atoms with Gasteiger partial charge in [-0.05, 0) is 37.3 Å². The number of benzene rings is 2. The summed E-state index contributed by atoms with van der Waals surface area (Å²) in [5.41, 5.74) is 0.799. The second-order valence-corrected chi connectivity index (χ2v) is 6.74. The van der Waals surface area contributed by atoms with Crippen LogP contribution in [0.1, 0.15) is 6.92 Å². The van der Waals surface area contributed by atoms with Crippen molar-refractivity contribution >= 4 is 35.0 Å². The summed E-state index contributed by atoms with van der Waals surface area (Å²) in [4.78, 5) is 15.4. The van der Waals surface area contributed by atoms with Gasteiger partial charge in [0.1, 0.15) is 11.6 Å². The Morgan fingerprint density at radius 3 is 2.96 bits per heavy atom. The zero-order chi connectivity index (χ0) is 16.4. The fraction of sp³-hybridized carbons (Fsp3) is 0.235. The molecule has 1 atom stereocenters. The summed E-state index contributed by atoms with van der Waals surface area (Å²) in [7, 11) is 0. The quantitative estimate of drug-likeness (QED) is 0.821. The Morgan fingerprint density at radius 2 is 2.17 bits per heavy atom. The number of rotatable bonds is 3. The average molecular weight is 352 g/mol. The molecule has 2 aromatic carbocycles. The lowest BCUT2D eigenvalue weighted by atomic mass is 10.2. The molecule has 0 N–H and O–H groups in total. The van der Waals surface area contributed by atoms with Crippen LogP contribution in [0, 0.1) is 5.82 Å². The molecule has 0 bridgehead atoms. The molecule has 0 aliphatic carbocycles. The molecule has 3 nitrogen and oxygen atoms in total. The van der Waals surface area contributed by atoms with E-state index in [2.05, 4.69) is 0 Å². The standard InChI is InChI=1S/C17H15ClFNO2S/c1-11(22-14-4-2-3-13(19)10-14)17(21)20-7-8-23-16-6-5-12(18)9-15(16)20/h2-6,9-11H,7-8H2,1H3. The molecular weight excluding hydrogens is 337 g/mol. The maximum absolute atomic E-state index is 13.2. The van der Waals surface area contributed by atoms with Crippen LogP contribution in [0.15, 0.2) is 47.4 Å². The molecule has 1 aliphatic heterocycles. The molecule has 0 saturated carbocycles. The smallest absolute Gasteiger partial charge is 0.267 e. The number of halogens is 2. The van der Waals surface area contributed by atoms with Gasteiger partial charge < -0.3 is 9.64 Å². The maximum atomic E-state index is 13.2. The molecule has 3 rings (SSSR count). The number of nitrogens with zero attached hydrogens (tertiary/aromatic N) is 1. The van der Waals surface area contributed by atoms with E-state index in [1.54, 1.807) is 41.8 Å². The highest BCUT2D eigenvalue weighted by atomic mass is 35.5. The number of thioether (sulfide) groups is 1. The fourth-order valence-electron chi connectivity index (χ4n) is 2.43. The molecule has 120 valence electrons. The summed E-state index contributed by atoms with van der Waals surface area (Å²) in [5, 5.41) is 0.586. The SMILES string of the molecule is CC(Oc1cccc(F)c1)C(=O)N1CCSc2ccc(Cl)cc21. The minimum Gasteiger partial charge on any atom is -0.481 e. The van der Waals surface area contributed by atoms with Gasteiger partial charge in [0.05, 0.1) is 5.69 Å². The summed E-state index contributed by atoms with van der Waals surface area (Å²) < 4.78 is 18.8. The number of hydrogen-bond acceptors (Lipinski definition) is 3. The highest BCUT2D eigenvalue weighted by Gasteiger charge is 2.28. The van der Waals surface area contributed by atoms with Crippen molar-refractivity contribution in [2.24, 2.45) is 0 Å². The fourth-order valence-corrected chi connectivity index (χ4v) is 3.58. The first-order valence-electron chi connectivity index (χ1n) is 7.20. The number of carbonyl (C=O) groups excluding carboxylic acids is 1. The van der Waals surface area contributed by atoms with Crippen molar-refractivity contribution in [2.75, 3.05) is 17.2 Å². The van der Waals surface area contributed by atoms with E-state index in [0.29, 0.717) is 17.3 Å². The van der Waals surface area contributed by atoms with E-state index in [4.69, 9.17) is 16.3 Å². The molecule has 0 spiro atoms. The lowest BCUT2D eigenvalue weighted by Gasteiger charge is -2.31. The van der Waals surface area contributed by atoms with Crippen LogP contribution in [0.2, 0.25) is 5.02 Å². The van der Waals surface area contributed by atoms with Crippen LogP contribution in [0.4, 0.5) is 10.1 Å². The van der Waals surface area contributed by atoms with E-state index in [1.807, 2.05) is 12.1 Å². The highest BCUT2D eigenvalue weighted by molar-refractivity contribution is 7.99. The zero-order valence-corrected chi connectivity index (χ0v) is 14.0. The third kappa shape index (κ3) is 3.62. The van der Waals surface area contributed by atoms with Gasteiger partial charge in [-0.15, -0.1) is 11.8 Å². The summed E-state index contributed by atoms with van der Waals surface area (Å²) in [5.74, 6) is 0.586. The van der Waals surface area contributed by atoms with Crippen LogP contribution in [-0.2, 0) is 4.79 Å². The van der Waals surface area contributed by atoms with Crippen LogP contribution in [0.25, 0.3) is 0 Å². The van der Waals surface area contributed by atoms with Gasteiger partial charge in [0.15, 0.2) is 6.10 Å². The highest BCUT2D eigenvalue weighted by Crippen LogP contribution is 2.37. The van der Waals surface area contributed by atoms with Crippen molar-refractivity contribution in [3.8, 4) is 5.75 Å². The third-order valence-electron chi connectivity index (χ3n) is 3.51. The van der Waals surface area contributed by atoms with Gasteiger partial charge in [-0.3, -0.25) is 4.79 Å². The monoisotopic (exact) mass is 351 g/mol. The van der Waals surface area contributed by atoms with Gasteiger partial charge in [-0.1, -0.05) is 17.7 Å². The van der Waals surface area contributed by atoms with Gasteiger partial charge in [-0.25, -0.2) is 4.39 Å². The van der Waals surface area contributed by atoms with Gasteiger partial charge in [0.2, 0.25) is 0 Å². The molecule has 6 heteroatoms. The van der Waals surface area contributed by atoms with Crippen LogP contribution in [0.3, 0.4) is 0 Å². The van der Waals surface area contributed by atoms with Crippen molar-refractivity contribution in [3.05, 3.63) is 53.3 Å². The molecule has 1 heterocycles. The molecule has 1 aliphatic rings. The minimum atomic E-state index is -0.716. The molecule has 0 radical (unpaired) electrons. The Bertz CT molecular complexity index is 740. The average Bonchev–Trinajstić information content (AvgIpc) is 2.53. The van der Waals surface area contributed by atoms with Crippen molar-refractivity contribution in [1.82, 2.24) is 0 Å². The zero-order valence-electron chi connectivity index (χ0n) is 12.5. The molecule has 0 fully saturated rings.